The van der Waals surface area contributed by atoms with Crippen molar-refractivity contribution >= 4 is 23.9 Å². The fraction of sp³-hybridized carbons (Fsp3) is 0.800. The molecule has 4 N–H and O–H groups in total. The van der Waals surface area contributed by atoms with Crippen LogP contribution in [0.2, 0.25) is 0 Å². The summed E-state index contributed by atoms with van der Waals surface area (Å²) in [6.45, 7) is 3.93. The van der Waals surface area contributed by atoms with Gasteiger partial charge in [0, 0.05) is 0 Å². The fourth-order valence-corrected chi connectivity index (χ4v) is 5.01. The van der Waals surface area contributed by atoms with E-state index in [0.29, 0.717) is 25.7 Å². The maximum atomic E-state index is 12.3. The summed E-state index contributed by atoms with van der Waals surface area (Å²) in [5.41, 5.74) is -4.23. The number of carboxylic acid groups (broad SMARTS) is 4. The van der Waals surface area contributed by atoms with E-state index in [1.54, 1.807) is 0 Å². The summed E-state index contributed by atoms with van der Waals surface area (Å²) >= 11 is 0. The molecule has 1 rings (SSSR count). The van der Waals surface area contributed by atoms with Gasteiger partial charge in [-0.3, -0.25) is 19.2 Å². The summed E-state index contributed by atoms with van der Waals surface area (Å²) < 4.78 is 0. The van der Waals surface area contributed by atoms with Gasteiger partial charge in [0.1, 0.15) is 0 Å². The molecule has 0 aliphatic heterocycles. The Morgan fingerprint density at radius 3 is 1.14 bits per heavy atom. The second-order valence-electron chi connectivity index (χ2n) is 7.81. The molecular formula is C20H32O8. The summed E-state index contributed by atoms with van der Waals surface area (Å²) in [5, 5.41) is 39.3. The van der Waals surface area contributed by atoms with Gasteiger partial charge in [-0.1, -0.05) is 65.2 Å². The van der Waals surface area contributed by atoms with E-state index in [1.807, 2.05) is 13.8 Å². The molecule has 0 bridgehead atoms. The number of hydrogen-bond donors (Lipinski definition) is 4. The van der Waals surface area contributed by atoms with Crippen LogP contribution in [0.3, 0.4) is 0 Å². The van der Waals surface area contributed by atoms with Crippen LogP contribution < -0.4 is 0 Å². The lowest BCUT2D eigenvalue weighted by atomic mass is 9.35. The molecule has 0 amide bonds. The van der Waals surface area contributed by atoms with Crippen LogP contribution in [0, 0.1) is 22.7 Å². The molecule has 4 atom stereocenters. The maximum absolute atomic E-state index is 12.3. The van der Waals surface area contributed by atoms with E-state index >= 15 is 0 Å². The molecule has 160 valence electrons. The van der Waals surface area contributed by atoms with E-state index in [9.17, 15) is 39.6 Å². The molecule has 1 fully saturated rings. The van der Waals surface area contributed by atoms with Crippen molar-refractivity contribution in [1.29, 1.82) is 0 Å². The van der Waals surface area contributed by atoms with Crippen LogP contribution in [0.15, 0.2) is 0 Å². The van der Waals surface area contributed by atoms with Gasteiger partial charge in [0.2, 0.25) is 0 Å². The third-order valence-electron chi connectivity index (χ3n) is 6.34. The molecule has 0 aromatic rings. The van der Waals surface area contributed by atoms with Gasteiger partial charge in [-0.2, -0.15) is 0 Å². The van der Waals surface area contributed by atoms with E-state index in [2.05, 4.69) is 0 Å². The van der Waals surface area contributed by atoms with Gasteiger partial charge in [0.15, 0.2) is 0 Å². The van der Waals surface area contributed by atoms with Gasteiger partial charge in [0.25, 0.3) is 0 Å². The minimum absolute atomic E-state index is 0.150. The van der Waals surface area contributed by atoms with Crippen molar-refractivity contribution in [3.05, 3.63) is 0 Å². The highest BCUT2D eigenvalue weighted by atomic mass is 16.4. The Labute approximate surface area is 164 Å². The zero-order valence-electron chi connectivity index (χ0n) is 16.6. The first-order valence-electron chi connectivity index (χ1n) is 10.1. The van der Waals surface area contributed by atoms with Crippen molar-refractivity contribution in [2.75, 3.05) is 0 Å². The molecule has 1 saturated carbocycles. The van der Waals surface area contributed by atoms with Crippen LogP contribution in [0.25, 0.3) is 0 Å². The first kappa shape index (κ1) is 23.9. The number of aliphatic carboxylic acids is 4. The molecule has 0 heterocycles. The molecule has 1 aliphatic rings. The van der Waals surface area contributed by atoms with Crippen LogP contribution in [0.4, 0.5) is 0 Å². The molecule has 0 aromatic carbocycles. The smallest absolute Gasteiger partial charge is 0.311 e. The summed E-state index contributed by atoms with van der Waals surface area (Å²) in [6, 6.07) is 0. The number of hydrogen-bond acceptors (Lipinski definition) is 4. The summed E-state index contributed by atoms with van der Waals surface area (Å²) in [5.74, 6) is -9.68. The Bertz CT molecular complexity index is 549. The molecular weight excluding hydrogens is 368 g/mol. The summed E-state index contributed by atoms with van der Waals surface area (Å²) in [6.07, 6.45) is 5.05. The van der Waals surface area contributed by atoms with E-state index in [1.165, 1.54) is 0 Å². The van der Waals surface area contributed by atoms with E-state index in [4.69, 9.17) is 0 Å². The Hall–Kier alpha value is -2.12. The standard InChI is InChI=1S/C20H32O8/c1-3-5-7-9-11-19(17(25)26)13(15(21)22)14(16(23)24)20(19,18(27)28)12-10-8-6-4-2/h13-14H,3-12H2,1-2H3,(H,21,22)(H,23,24)(H,25,26)(H,27,28). The highest BCUT2D eigenvalue weighted by Gasteiger charge is 2.82. The van der Waals surface area contributed by atoms with Crippen LogP contribution >= 0.6 is 0 Å². The van der Waals surface area contributed by atoms with Crippen molar-refractivity contribution in [2.24, 2.45) is 22.7 Å². The highest BCUT2D eigenvalue weighted by Crippen LogP contribution is 2.69. The van der Waals surface area contributed by atoms with Crippen molar-refractivity contribution < 1.29 is 39.6 Å². The zero-order chi connectivity index (χ0) is 21.5. The zero-order valence-corrected chi connectivity index (χ0v) is 16.6. The lowest BCUT2D eigenvalue weighted by Crippen LogP contribution is -2.75. The third kappa shape index (κ3) is 3.86. The molecule has 8 nitrogen and oxygen atoms in total. The van der Waals surface area contributed by atoms with Crippen molar-refractivity contribution in [2.45, 2.75) is 78.1 Å². The first-order chi connectivity index (χ1) is 13.1. The quantitative estimate of drug-likeness (QED) is 0.324. The average Bonchev–Trinajstić information content (AvgIpc) is 2.58. The predicted octanol–water partition coefficient (Wildman–Crippen LogP) is 3.48. The number of carboxylic acids is 4. The van der Waals surface area contributed by atoms with Crippen molar-refractivity contribution in [3.8, 4) is 0 Å². The van der Waals surface area contributed by atoms with Crippen molar-refractivity contribution in [1.82, 2.24) is 0 Å². The molecule has 8 heteroatoms. The van der Waals surface area contributed by atoms with Gasteiger partial charge in [-0.15, -0.1) is 0 Å². The van der Waals surface area contributed by atoms with Crippen LogP contribution in [-0.4, -0.2) is 44.3 Å². The van der Waals surface area contributed by atoms with E-state index in [0.717, 1.165) is 25.7 Å². The first-order valence-corrected chi connectivity index (χ1v) is 10.1. The minimum atomic E-state index is -2.12. The molecule has 1 aliphatic carbocycles. The van der Waals surface area contributed by atoms with Gasteiger partial charge in [-0.05, 0) is 12.8 Å². The minimum Gasteiger partial charge on any atom is -0.481 e. The van der Waals surface area contributed by atoms with E-state index < -0.39 is 46.5 Å². The monoisotopic (exact) mass is 400 g/mol. The summed E-state index contributed by atoms with van der Waals surface area (Å²) in [4.78, 5) is 48.4. The Morgan fingerprint density at radius 1 is 0.607 bits per heavy atom. The lowest BCUT2D eigenvalue weighted by Gasteiger charge is -2.61. The lowest BCUT2D eigenvalue weighted by molar-refractivity contribution is -0.245. The molecule has 0 aromatic heterocycles. The number of unbranched alkanes of at least 4 members (excludes halogenated alkanes) is 6. The number of rotatable bonds is 14. The predicted molar refractivity (Wildman–Crippen MR) is 99.9 cm³/mol. The van der Waals surface area contributed by atoms with Gasteiger partial charge >= 0.3 is 23.9 Å². The average molecular weight is 400 g/mol. The molecule has 0 saturated heterocycles. The van der Waals surface area contributed by atoms with Crippen molar-refractivity contribution in [3.63, 3.8) is 0 Å². The maximum Gasteiger partial charge on any atom is 0.311 e. The largest absolute Gasteiger partial charge is 0.481 e. The fourth-order valence-electron chi connectivity index (χ4n) is 5.01. The number of carbonyl (C=O) groups is 4. The molecule has 28 heavy (non-hydrogen) atoms. The van der Waals surface area contributed by atoms with Crippen LogP contribution in [0.5, 0.6) is 0 Å². The van der Waals surface area contributed by atoms with E-state index in [-0.39, 0.29) is 12.8 Å². The Kier molecular flexibility index (Phi) is 8.45. The molecule has 4 unspecified atom stereocenters. The SMILES string of the molecule is CCCCCCC1(C(=O)O)C(C(=O)O)C(C(=O)O)C1(CCCCCC)C(=O)O. The van der Waals surface area contributed by atoms with Gasteiger partial charge in [0.05, 0.1) is 22.7 Å². The normalized spacial score (nSPS) is 29.1. The Morgan fingerprint density at radius 2 is 0.929 bits per heavy atom. The second-order valence-corrected chi connectivity index (χ2v) is 7.81. The topological polar surface area (TPSA) is 149 Å². The molecule has 0 spiro atoms. The van der Waals surface area contributed by atoms with Gasteiger partial charge < -0.3 is 20.4 Å². The van der Waals surface area contributed by atoms with Crippen LogP contribution in [-0.2, 0) is 19.2 Å². The second kappa shape index (κ2) is 9.89. The third-order valence-corrected chi connectivity index (χ3v) is 6.34. The van der Waals surface area contributed by atoms with Crippen LogP contribution in [0.1, 0.15) is 78.1 Å². The van der Waals surface area contributed by atoms with Gasteiger partial charge in [-0.25, -0.2) is 0 Å². The Balaban J connectivity index is 3.45. The summed E-state index contributed by atoms with van der Waals surface area (Å²) in [7, 11) is 0. The molecule has 0 radical (unpaired) electrons. The highest BCUT2D eigenvalue weighted by molar-refractivity contribution is 6.01.